The zero-order valence-corrected chi connectivity index (χ0v) is 11.7. The number of rotatable bonds is 5. The number of carbonyl (C=O) groups excluding carboxylic acids is 1. The fourth-order valence-electron chi connectivity index (χ4n) is 1.39. The van der Waals surface area contributed by atoms with Crippen molar-refractivity contribution in [3.63, 3.8) is 0 Å². The average molecular weight is 297 g/mol. The van der Waals surface area contributed by atoms with E-state index in [1.165, 1.54) is 6.20 Å². The lowest BCUT2D eigenvalue weighted by molar-refractivity contribution is 0.0696. The zero-order valence-electron chi connectivity index (χ0n) is 10.0. The average Bonchev–Trinajstić information content (AvgIpc) is 2.98. The predicted molar refractivity (Wildman–Crippen MR) is 72.0 cm³/mol. The van der Waals surface area contributed by atoms with Gasteiger partial charge in [-0.15, -0.1) is 22.7 Å². The Morgan fingerprint density at radius 2 is 2.26 bits per heavy atom. The van der Waals surface area contributed by atoms with Crippen molar-refractivity contribution in [3.05, 3.63) is 32.2 Å². The van der Waals surface area contributed by atoms with E-state index >= 15 is 0 Å². The van der Waals surface area contributed by atoms with Gasteiger partial charge < -0.3 is 10.4 Å². The van der Waals surface area contributed by atoms with Crippen LogP contribution >= 0.6 is 22.7 Å². The molecule has 19 heavy (non-hydrogen) atoms. The lowest BCUT2D eigenvalue weighted by Gasteiger charge is -2.00. The van der Waals surface area contributed by atoms with E-state index in [1.54, 1.807) is 11.3 Å². The van der Waals surface area contributed by atoms with Gasteiger partial charge in [0, 0.05) is 18.3 Å². The van der Waals surface area contributed by atoms with Crippen molar-refractivity contribution in [1.29, 1.82) is 0 Å². The summed E-state index contributed by atoms with van der Waals surface area (Å²) in [6.45, 7) is 2.39. The van der Waals surface area contributed by atoms with Gasteiger partial charge in [0.15, 0.2) is 0 Å². The summed E-state index contributed by atoms with van der Waals surface area (Å²) in [5.41, 5.74) is 0.943. The van der Waals surface area contributed by atoms with Crippen LogP contribution in [0.2, 0.25) is 0 Å². The van der Waals surface area contributed by atoms with Crippen molar-refractivity contribution in [2.45, 2.75) is 13.3 Å². The van der Waals surface area contributed by atoms with Crippen LogP contribution in [0.5, 0.6) is 0 Å². The third kappa shape index (κ3) is 3.58. The molecule has 0 aliphatic heterocycles. The molecule has 2 aromatic rings. The van der Waals surface area contributed by atoms with Crippen molar-refractivity contribution in [2.24, 2.45) is 0 Å². The van der Waals surface area contributed by atoms with Gasteiger partial charge in [-0.1, -0.05) is 0 Å². The maximum Gasteiger partial charge on any atom is 0.365 e. The highest BCUT2D eigenvalue weighted by molar-refractivity contribution is 7.15. The summed E-state index contributed by atoms with van der Waals surface area (Å²) in [7, 11) is 0. The van der Waals surface area contributed by atoms with Crippen LogP contribution in [0.3, 0.4) is 0 Å². The highest BCUT2D eigenvalue weighted by atomic mass is 32.1. The SMILES string of the molecule is Cc1nc(CCNC(=O)c2cnc(C(=O)O)s2)cs1. The van der Waals surface area contributed by atoms with Crippen molar-refractivity contribution in [3.8, 4) is 0 Å². The Morgan fingerprint density at radius 3 is 2.84 bits per heavy atom. The number of thiazole rings is 2. The summed E-state index contributed by atoms with van der Waals surface area (Å²) in [5.74, 6) is -1.43. The van der Waals surface area contributed by atoms with E-state index in [9.17, 15) is 9.59 Å². The molecule has 0 atom stereocenters. The summed E-state index contributed by atoms with van der Waals surface area (Å²) in [5, 5.41) is 14.3. The second-order valence-corrected chi connectivity index (χ2v) is 5.79. The number of carboxylic acids is 1. The number of nitrogens with one attached hydrogen (secondary N) is 1. The van der Waals surface area contributed by atoms with Crippen molar-refractivity contribution < 1.29 is 14.7 Å². The minimum absolute atomic E-state index is 0.0831. The molecule has 2 aromatic heterocycles. The number of nitrogens with zero attached hydrogens (tertiary/aromatic N) is 2. The predicted octanol–water partition coefficient (Wildman–Crippen LogP) is 1.58. The Balaban J connectivity index is 1.85. The number of aryl methyl sites for hydroxylation is 1. The Morgan fingerprint density at radius 1 is 1.47 bits per heavy atom. The third-order valence-corrected chi connectivity index (χ3v) is 4.05. The van der Waals surface area contributed by atoms with Gasteiger partial charge in [0.05, 0.1) is 16.9 Å². The molecule has 0 aliphatic carbocycles. The molecule has 0 aliphatic rings. The van der Waals surface area contributed by atoms with Crippen LogP contribution in [0.15, 0.2) is 11.6 Å². The molecule has 0 saturated carbocycles. The quantitative estimate of drug-likeness (QED) is 0.874. The maximum absolute atomic E-state index is 11.7. The van der Waals surface area contributed by atoms with Crippen LogP contribution in [-0.4, -0.2) is 33.5 Å². The molecule has 2 heterocycles. The molecule has 2 N–H and O–H groups in total. The van der Waals surface area contributed by atoms with Crippen LogP contribution in [0.25, 0.3) is 0 Å². The first kappa shape index (κ1) is 13.6. The maximum atomic E-state index is 11.7. The van der Waals surface area contributed by atoms with Gasteiger partial charge in [-0.05, 0) is 6.92 Å². The Bertz CT molecular complexity index is 606. The van der Waals surface area contributed by atoms with Gasteiger partial charge in [0.2, 0.25) is 5.01 Å². The van der Waals surface area contributed by atoms with Crippen LogP contribution in [0.4, 0.5) is 0 Å². The van der Waals surface area contributed by atoms with E-state index < -0.39 is 5.97 Å². The highest BCUT2D eigenvalue weighted by Crippen LogP contribution is 2.12. The smallest absolute Gasteiger partial charge is 0.365 e. The van der Waals surface area contributed by atoms with Crippen LogP contribution < -0.4 is 5.32 Å². The minimum Gasteiger partial charge on any atom is -0.476 e. The number of hydrogen-bond donors (Lipinski definition) is 2. The van der Waals surface area contributed by atoms with E-state index in [0.29, 0.717) is 17.8 Å². The van der Waals surface area contributed by atoms with Crippen molar-refractivity contribution in [1.82, 2.24) is 15.3 Å². The third-order valence-electron chi connectivity index (χ3n) is 2.25. The molecule has 0 radical (unpaired) electrons. The molecule has 100 valence electrons. The summed E-state index contributed by atoms with van der Waals surface area (Å²) in [6, 6.07) is 0. The fourth-order valence-corrected chi connectivity index (χ4v) is 2.71. The Hall–Kier alpha value is -1.80. The first-order valence-electron chi connectivity index (χ1n) is 5.44. The second-order valence-electron chi connectivity index (χ2n) is 3.70. The van der Waals surface area contributed by atoms with Gasteiger partial charge in [0.25, 0.3) is 5.91 Å². The molecule has 0 unspecified atom stereocenters. The number of hydrogen-bond acceptors (Lipinski definition) is 6. The van der Waals surface area contributed by atoms with Crippen LogP contribution in [0.1, 0.15) is 30.2 Å². The van der Waals surface area contributed by atoms with E-state index in [-0.39, 0.29) is 10.9 Å². The monoisotopic (exact) mass is 297 g/mol. The topological polar surface area (TPSA) is 92.2 Å². The number of aromatic carboxylic acids is 1. The Labute approximate surface area is 117 Å². The van der Waals surface area contributed by atoms with E-state index in [4.69, 9.17) is 5.11 Å². The molecule has 0 spiro atoms. The molecular formula is C11H11N3O3S2. The zero-order chi connectivity index (χ0) is 13.8. The number of amides is 1. The summed E-state index contributed by atoms with van der Waals surface area (Å²) in [6.07, 6.45) is 1.93. The van der Waals surface area contributed by atoms with Crippen molar-refractivity contribution in [2.75, 3.05) is 6.54 Å². The highest BCUT2D eigenvalue weighted by Gasteiger charge is 2.14. The second kappa shape index (κ2) is 5.89. The molecular weight excluding hydrogens is 286 g/mol. The number of carboxylic acid groups (broad SMARTS) is 1. The molecule has 8 heteroatoms. The molecule has 0 saturated heterocycles. The first-order chi connectivity index (χ1) is 9.06. The lowest BCUT2D eigenvalue weighted by atomic mass is 10.3. The summed E-state index contributed by atoms with van der Waals surface area (Å²) < 4.78 is 0. The first-order valence-corrected chi connectivity index (χ1v) is 7.14. The number of carbonyl (C=O) groups is 2. The van der Waals surface area contributed by atoms with Gasteiger partial charge in [-0.25, -0.2) is 14.8 Å². The van der Waals surface area contributed by atoms with Gasteiger partial charge in [-0.3, -0.25) is 4.79 Å². The van der Waals surface area contributed by atoms with Gasteiger partial charge >= 0.3 is 5.97 Å². The standard InChI is InChI=1S/C11H11N3O3S2/c1-6-14-7(5-18-6)2-3-12-9(15)8-4-13-10(19-8)11(16)17/h4-5H,2-3H2,1H3,(H,12,15)(H,16,17). The van der Waals surface area contributed by atoms with Gasteiger partial charge in [-0.2, -0.15) is 0 Å². The molecule has 6 nitrogen and oxygen atoms in total. The summed E-state index contributed by atoms with van der Waals surface area (Å²) >= 11 is 2.43. The molecule has 2 rings (SSSR count). The Kier molecular flexibility index (Phi) is 4.23. The number of aromatic nitrogens is 2. The van der Waals surface area contributed by atoms with Gasteiger partial charge in [0.1, 0.15) is 4.88 Å². The summed E-state index contributed by atoms with van der Waals surface area (Å²) in [4.78, 5) is 30.6. The van der Waals surface area contributed by atoms with Crippen molar-refractivity contribution >= 4 is 34.6 Å². The van der Waals surface area contributed by atoms with E-state index in [1.807, 2.05) is 12.3 Å². The molecule has 0 fully saturated rings. The van der Waals surface area contributed by atoms with E-state index in [0.717, 1.165) is 22.0 Å². The molecule has 1 amide bonds. The minimum atomic E-state index is -1.12. The molecule has 0 aromatic carbocycles. The lowest BCUT2D eigenvalue weighted by Crippen LogP contribution is -2.24. The largest absolute Gasteiger partial charge is 0.476 e. The van der Waals surface area contributed by atoms with Crippen LogP contribution in [-0.2, 0) is 6.42 Å². The normalized spacial score (nSPS) is 10.4. The van der Waals surface area contributed by atoms with E-state index in [2.05, 4.69) is 15.3 Å². The van der Waals surface area contributed by atoms with Crippen LogP contribution in [0, 0.1) is 6.92 Å². The fraction of sp³-hybridized carbons (Fsp3) is 0.273. The molecule has 0 bridgehead atoms.